The number of para-hydroxylation sites is 1. The summed E-state index contributed by atoms with van der Waals surface area (Å²) in [6.45, 7) is 5.36. The SMILES string of the molecule is CN=C(NCCc1c[nH]c2ccccc12)NCC1CCN(Cc2cccs2)CC1. The Labute approximate surface area is 177 Å². The fourth-order valence-electron chi connectivity index (χ4n) is 4.09. The van der Waals surface area contributed by atoms with Crippen molar-refractivity contribution in [3.8, 4) is 0 Å². The highest BCUT2D eigenvalue weighted by Crippen LogP contribution is 2.20. The minimum Gasteiger partial charge on any atom is -0.361 e. The van der Waals surface area contributed by atoms with Gasteiger partial charge in [-0.05, 0) is 61.3 Å². The number of benzene rings is 1. The molecule has 1 aromatic carbocycles. The first kappa shape index (κ1) is 20.0. The summed E-state index contributed by atoms with van der Waals surface area (Å²) in [5, 5.41) is 10.5. The predicted molar refractivity (Wildman–Crippen MR) is 124 cm³/mol. The lowest BCUT2D eigenvalue weighted by Gasteiger charge is -2.32. The average Bonchev–Trinajstić information content (AvgIpc) is 3.42. The van der Waals surface area contributed by atoms with E-state index >= 15 is 0 Å². The maximum Gasteiger partial charge on any atom is 0.190 e. The highest BCUT2D eigenvalue weighted by Gasteiger charge is 2.19. The van der Waals surface area contributed by atoms with Crippen molar-refractivity contribution in [3.05, 3.63) is 58.4 Å². The lowest BCUT2D eigenvalue weighted by atomic mass is 9.97. The first-order valence-corrected chi connectivity index (χ1v) is 11.4. The quantitative estimate of drug-likeness (QED) is 0.410. The molecule has 0 spiro atoms. The minimum absolute atomic E-state index is 0.724. The van der Waals surface area contributed by atoms with Crippen molar-refractivity contribution in [3.63, 3.8) is 0 Å². The van der Waals surface area contributed by atoms with E-state index in [1.165, 1.54) is 47.3 Å². The Kier molecular flexibility index (Phi) is 6.85. The number of aromatic amines is 1. The van der Waals surface area contributed by atoms with Crippen LogP contribution in [-0.2, 0) is 13.0 Å². The molecule has 0 bridgehead atoms. The number of thiophene rings is 1. The maximum atomic E-state index is 4.40. The van der Waals surface area contributed by atoms with Crippen LogP contribution in [0, 0.1) is 5.92 Å². The van der Waals surface area contributed by atoms with E-state index in [1.54, 1.807) is 0 Å². The van der Waals surface area contributed by atoms with Crippen molar-refractivity contribution in [2.24, 2.45) is 10.9 Å². The summed E-state index contributed by atoms with van der Waals surface area (Å²) in [5.74, 6) is 1.63. The molecule has 0 radical (unpaired) electrons. The third-order valence-electron chi connectivity index (χ3n) is 5.81. The van der Waals surface area contributed by atoms with E-state index < -0.39 is 0 Å². The topological polar surface area (TPSA) is 55.5 Å². The number of nitrogens with zero attached hydrogens (tertiary/aromatic N) is 2. The molecule has 1 saturated heterocycles. The van der Waals surface area contributed by atoms with Gasteiger partial charge in [-0.15, -0.1) is 11.3 Å². The van der Waals surface area contributed by atoms with Gasteiger partial charge in [-0.2, -0.15) is 0 Å². The Morgan fingerprint density at radius 2 is 2.03 bits per heavy atom. The van der Waals surface area contributed by atoms with Crippen LogP contribution in [-0.4, -0.2) is 49.1 Å². The zero-order valence-electron chi connectivity index (χ0n) is 17.2. The summed E-state index contributed by atoms with van der Waals surface area (Å²) in [7, 11) is 1.85. The van der Waals surface area contributed by atoms with Crippen molar-refractivity contribution in [2.75, 3.05) is 33.2 Å². The molecule has 0 unspecified atom stereocenters. The summed E-state index contributed by atoms with van der Waals surface area (Å²) in [6, 6.07) is 12.9. The Morgan fingerprint density at radius 3 is 2.83 bits per heavy atom. The summed E-state index contributed by atoms with van der Waals surface area (Å²) in [6.07, 6.45) is 5.60. The maximum absolute atomic E-state index is 4.40. The van der Waals surface area contributed by atoms with Crippen LogP contribution in [0.1, 0.15) is 23.3 Å². The number of nitrogens with one attached hydrogen (secondary N) is 3. The van der Waals surface area contributed by atoms with Crippen LogP contribution < -0.4 is 10.6 Å². The van der Waals surface area contributed by atoms with E-state index in [0.717, 1.165) is 37.9 Å². The molecular weight excluding hydrogens is 378 g/mol. The van der Waals surface area contributed by atoms with Gasteiger partial charge in [0, 0.05) is 48.7 Å². The molecule has 3 N–H and O–H groups in total. The summed E-state index contributed by atoms with van der Waals surface area (Å²) in [4.78, 5) is 11.8. The van der Waals surface area contributed by atoms with E-state index in [2.05, 4.69) is 73.5 Å². The molecule has 0 atom stereocenters. The van der Waals surface area contributed by atoms with Crippen molar-refractivity contribution in [2.45, 2.75) is 25.8 Å². The Morgan fingerprint density at radius 1 is 1.17 bits per heavy atom. The van der Waals surface area contributed by atoms with Gasteiger partial charge in [-0.3, -0.25) is 9.89 Å². The molecule has 1 fully saturated rings. The van der Waals surface area contributed by atoms with Gasteiger partial charge in [0.2, 0.25) is 0 Å². The number of rotatable bonds is 7. The van der Waals surface area contributed by atoms with E-state index in [0.29, 0.717) is 0 Å². The van der Waals surface area contributed by atoms with E-state index in [1.807, 2.05) is 18.4 Å². The normalized spacial score (nSPS) is 16.4. The smallest absolute Gasteiger partial charge is 0.190 e. The van der Waals surface area contributed by atoms with Crippen molar-refractivity contribution in [1.29, 1.82) is 0 Å². The molecule has 0 amide bonds. The molecule has 6 heteroatoms. The summed E-state index contributed by atoms with van der Waals surface area (Å²) >= 11 is 1.86. The number of likely N-dealkylation sites (tertiary alicyclic amines) is 1. The van der Waals surface area contributed by atoms with Gasteiger partial charge in [0.15, 0.2) is 5.96 Å². The Hall–Kier alpha value is -2.31. The van der Waals surface area contributed by atoms with Crippen molar-refractivity contribution in [1.82, 2.24) is 20.5 Å². The minimum atomic E-state index is 0.724. The third kappa shape index (κ3) is 5.40. The van der Waals surface area contributed by atoms with Crippen LogP contribution in [0.4, 0.5) is 0 Å². The third-order valence-corrected chi connectivity index (χ3v) is 6.67. The Balaban J connectivity index is 1.16. The number of fused-ring (bicyclic) bond motifs is 1. The lowest BCUT2D eigenvalue weighted by Crippen LogP contribution is -2.43. The number of guanidine groups is 1. The second-order valence-corrected chi connectivity index (χ2v) is 8.82. The number of hydrogen-bond acceptors (Lipinski definition) is 3. The molecule has 0 aliphatic carbocycles. The van der Waals surface area contributed by atoms with Gasteiger partial charge in [-0.1, -0.05) is 24.3 Å². The molecular formula is C23H31N5S. The largest absolute Gasteiger partial charge is 0.361 e. The van der Waals surface area contributed by atoms with Crippen LogP contribution in [0.25, 0.3) is 10.9 Å². The summed E-state index contributed by atoms with van der Waals surface area (Å²) < 4.78 is 0. The lowest BCUT2D eigenvalue weighted by molar-refractivity contribution is 0.179. The second-order valence-electron chi connectivity index (χ2n) is 7.79. The van der Waals surface area contributed by atoms with E-state index in [-0.39, 0.29) is 0 Å². The fourth-order valence-corrected chi connectivity index (χ4v) is 4.83. The van der Waals surface area contributed by atoms with Gasteiger partial charge in [-0.25, -0.2) is 0 Å². The van der Waals surface area contributed by atoms with Crippen LogP contribution in [0.5, 0.6) is 0 Å². The second kappa shape index (κ2) is 9.94. The molecule has 3 aromatic rings. The molecule has 0 saturated carbocycles. The van der Waals surface area contributed by atoms with Crippen molar-refractivity contribution < 1.29 is 0 Å². The van der Waals surface area contributed by atoms with Crippen LogP contribution >= 0.6 is 11.3 Å². The molecule has 3 heterocycles. The van der Waals surface area contributed by atoms with Crippen molar-refractivity contribution >= 4 is 28.2 Å². The number of H-pyrrole nitrogens is 1. The molecule has 1 aliphatic heterocycles. The summed E-state index contributed by atoms with van der Waals surface area (Å²) in [5.41, 5.74) is 2.55. The van der Waals surface area contributed by atoms with Gasteiger partial charge >= 0.3 is 0 Å². The molecule has 1 aliphatic rings. The van der Waals surface area contributed by atoms with Gasteiger partial charge in [0.1, 0.15) is 0 Å². The first-order valence-electron chi connectivity index (χ1n) is 10.6. The van der Waals surface area contributed by atoms with Crippen LogP contribution in [0.2, 0.25) is 0 Å². The number of aromatic nitrogens is 1. The van der Waals surface area contributed by atoms with Crippen LogP contribution in [0.3, 0.4) is 0 Å². The van der Waals surface area contributed by atoms with Gasteiger partial charge in [0.25, 0.3) is 0 Å². The number of piperidine rings is 1. The average molecular weight is 410 g/mol. The monoisotopic (exact) mass is 409 g/mol. The van der Waals surface area contributed by atoms with Crippen LogP contribution in [0.15, 0.2) is 53.0 Å². The zero-order valence-corrected chi connectivity index (χ0v) is 18.0. The first-order chi connectivity index (χ1) is 14.3. The fraction of sp³-hybridized carbons (Fsp3) is 0.435. The van der Waals surface area contributed by atoms with Gasteiger partial charge < -0.3 is 15.6 Å². The highest BCUT2D eigenvalue weighted by atomic mass is 32.1. The van der Waals surface area contributed by atoms with E-state index in [4.69, 9.17) is 0 Å². The molecule has 29 heavy (non-hydrogen) atoms. The zero-order chi connectivity index (χ0) is 19.9. The number of aliphatic imine (C=N–C) groups is 1. The highest BCUT2D eigenvalue weighted by molar-refractivity contribution is 7.09. The molecule has 4 rings (SSSR count). The molecule has 5 nitrogen and oxygen atoms in total. The molecule has 154 valence electrons. The number of hydrogen-bond donors (Lipinski definition) is 3. The Bertz CT molecular complexity index is 906. The standard InChI is InChI=1S/C23H31N5S/c1-24-23(25-11-8-19-16-26-22-7-3-2-6-21(19)22)27-15-18-9-12-28(13-10-18)17-20-5-4-14-29-20/h2-7,14,16,18,26H,8-13,15,17H2,1H3,(H2,24,25,27). The molecule has 2 aromatic heterocycles. The predicted octanol–water partition coefficient (Wildman–Crippen LogP) is 3.85. The van der Waals surface area contributed by atoms with Gasteiger partial charge in [0.05, 0.1) is 0 Å². The van der Waals surface area contributed by atoms with E-state index in [9.17, 15) is 0 Å².